The Labute approximate surface area is 132 Å². The number of hydrogen-bond donors (Lipinski definition) is 1. The largest absolute Gasteiger partial charge is 0.484 e. The molecule has 3 rings (SSSR count). The van der Waals surface area contributed by atoms with E-state index in [2.05, 4.69) is 33.4 Å². The lowest BCUT2D eigenvalue weighted by molar-refractivity contribution is -0.123. The second kappa shape index (κ2) is 6.31. The number of fused-ring (bicyclic) bond motifs is 1. The van der Waals surface area contributed by atoms with Crippen molar-refractivity contribution < 1.29 is 9.53 Å². The van der Waals surface area contributed by atoms with Gasteiger partial charge in [0.25, 0.3) is 5.91 Å². The van der Waals surface area contributed by atoms with Crippen LogP contribution in [0.5, 0.6) is 5.75 Å². The summed E-state index contributed by atoms with van der Waals surface area (Å²) in [5, 5.41) is 3.04. The van der Waals surface area contributed by atoms with E-state index in [0.717, 1.165) is 6.42 Å². The highest BCUT2D eigenvalue weighted by atomic mass is 79.9. The standard InChI is InChI=1S/C17H16BrNO2/c18-15-10-12-6-4-5-9-14(12)17(15)19-16(20)11-21-13-7-2-1-3-8-13/h1-9,15,17H,10-11H2,(H,19,20). The lowest BCUT2D eigenvalue weighted by atomic mass is 10.1. The SMILES string of the molecule is O=C(COc1ccccc1)NC1c2ccccc2CC1Br. The smallest absolute Gasteiger partial charge is 0.258 e. The number of alkyl halides is 1. The zero-order chi connectivity index (χ0) is 14.7. The minimum atomic E-state index is -0.106. The molecule has 1 amide bonds. The summed E-state index contributed by atoms with van der Waals surface area (Å²) < 4.78 is 5.47. The van der Waals surface area contributed by atoms with E-state index in [1.54, 1.807) is 0 Å². The summed E-state index contributed by atoms with van der Waals surface area (Å²) in [6, 6.07) is 17.6. The maximum Gasteiger partial charge on any atom is 0.258 e. The van der Waals surface area contributed by atoms with Gasteiger partial charge in [0.05, 0.1) is 6.04 Å². The highest BCUT2D eigenvalue weighted by Gasteiger charge is 2.31. The van der Waals surface area contributed by atoms with Gasteiger partial charge in [-0.1, -0.05) is 58.4 Å². The highest BCUT2D eigenvalue weighted by Crippen LogP contribution is 2.35. The molecular weight excluding hydrogens is 330 g/mol. The molecule has 1 aliphatic rings. The first-order chi connectivity index (χ1) is 10.2. The van der Waals surface area contributed by atoms with E-state index in [4.69, 9.17) is 4.74 Å². The van der Waals surface area contributed by atoms with Crippen LogP contribution >= 0.6 is 15.9 Å². The maximum atomic E-state index is 12.1. The third kappa shape index (κ3) is 3.27. The van der Waals surface area contributed by atoms with E-state index in [1.165, 1.54) is 11.1 Å². The molecule has 2 unspecified atom stereocenters. The Hall–Kier alpha value is -1.81. The van der Waals surface area contributed by atoms with Crippen LogP contribution in [0.15, 0.2) is 54.6 Å². The molecular formula is C17H16BrNO2. The van der Waals surface area contributed by atoms with Crippen LogP contribution in [0.3, 0.4) is 0 Å². The monoisotopic (exact) mass is 345 g/mol. The average Bonchev–Trinajstić information content (AvgIpc) is 2.82. The number of halogens is 1. The number of ether oxygens (including phenoxy) is 1. The van der Waals surface area contributed by atoms with E-state index in [0.29, 0.717) is 5.75 Å². The van der Waals surface area contributed by atoms with Gasteiger partial charge in [0.15, 0.2) is 6.61 Å². The number of carbonyl (C=O) groups excluding carboxylic acids is 1. The Morgan fingerprint density at radius 2 is 1.86 bits per heavy atom. The summed E-state index contributed by atoms with van der Waals surface area (Å²) >= 11 is 3.65. The Morgan fingerprint density at radius 3 is 2.67 bits per heavy atom. The summed E-state index contributed by atoms with van der Waals surface area (Å²) in [5.74, 6) is 0.597. The van der Waals surface area contributed by atoms with Gasteiger partial charge in [-0.3, -0.25) is 4.79 Å². The first-order valence-corrected chi connectivity index (χ1v) is 7.84. The van der Waals surface area contributed by atoms with E-state index in [9.17, 15) is 4.79 Å². The van der Waals surface area contributed by atoms with Gasteiger partial charge in [-0.15, -0.1) is 0 Å². The van der Waals surface area contributed by atoms with Crippen molar-refractivity contribution >= 4 is 21.8 Å². The number of rotatable bonds is 4. The Morgan fingerprint density at radius 1 is 1.14 bits per heavy atom. The highest BCUT2D eigenvalue weighted by molar-refractivity contribution is 9.09. The Balaban J connectivity index is 1.60. The second-order valence-electron chi connectivity index (χ2n) is 5.07. The Kier molecular flexibility index (Phi) is 4.25. The van der Waals surface area contributed by atoms with Gasteiger partial charge in [-0.25, -0.2) is 0 Å². The fourth-order valence-electron chi connectivity index (χ4n) is 2.60. The summed E-state index contributed by atoms with van der Waals surface area (Å²) in [4.78, 5) is 12.3. The van der Waals surface area contributed by atoms with E-state index < -0.39 is 0 Å². The fourth-order valence-corrected chi connectivity index (χ4v) is 3.36. The number of para-hydroxylation sites is 1. The molecule has 0 spiro atoms. The van der Waals surface area contributed by atoms with E-state index in [1.807, 2.05) is 42.5 Å². The molecule has 2 atom stereocenters. The topological polar surface area (TPSA) is 38.3 Å². The van der Waals surface area contributed by atoms with Gasteiger partial charge < -0.3 is 10.1 Å². The van der Waals surface area contributed by atoms with Gasteiger partial charge >= 0.3 is 0 Å². The van der Waals surface area contributed by atoms with Gasteiger partial charge in [-0.2, -0.15) is 0 Å². The molecule has 0 bridgehead atoms. The molecule has 1 aliphatic carbocycles. The quantitative estimate of drug-likeness (QED) is 0.864. The van der Waals surface area contributed by atoms with Crippen LogP contribution in [-0.2, 0) is 11.2 Å². The molecule has 0 aliphatic heterocycles. The predicted molar refractivity (Wildman–Crippen MR) is 85.7 cm³/mol. The van der Waals surface area contributed by atoms with Crippen LogP contribution in [0.25, 0.3) is 0 Å². The second-order valence-corrected chi connectivity index (χ2v) is 6.24. The molecule has 1 N–H and O–H groups in total. The first kappa shape index (κ1) is 14.1. The summed E-state index contributed by atoms with van der Waals surface area (Å²) in [6.07, 6.45) is 0.931. The number of carbonyl (C=O) groups is 1. The molecule has 0 heterocycles. The minimum Gasteiger partial charge on any atom is -0.484 e. The normalized spacial score (nSPS) is 19.9. The number of nitrogens with one attached hydrogen (secondary N) is 1. The molecule has 0 saturated heterocycles. The van der Waals surface area contributed by atoms with Crippen molar-refractivity contribution in [2.24, 2.45) is 0 Å². The summed E-state index contributed by atoms with van der Waals surface area (Å²) in [6.45, 7) is 0.0302. The van der Waals surface area contributed by atoms with Crippen molar-refractivity contribution in [2.45, 2.75) is 17.3 Å². The van der Waals surface area contributed by atoms with Crippen molar-refractivity contribution in [3.8, 4) is 5.75 Å². The third-order valence-corrected chi connectivity index (χ3v) is 4.45. The lowest BCUT2D eigenvalue weighted by Gasteiger charge is -2.18. The molecule has 3 nitrogen and oxygen atoms in total. The molecule has 0 saturated carbocycles. The van der Waals surface area contributed by atoms with Crippen molar-refractivity contribution in [2.75, 3.05) is 6.61 Å². The number of amides is 1. The van der Waals surface area contributed by atoms with Gasteiger partial charge in [0.1, 0.15) is 5.75 Å². The minimum absolute atomic E-state index is 0.00748. The lowest BCUT2D eigenvalue weighted by Crippen LogP contribution is -2.35. The molecule has 21 heavy (non-hydrogen) atoms. The van der Waals surface area contributed by atoms with E-state index in [-0.39, 0.29) is 23.4 Å². The fraction of sp³-hybridized carbons (Fsp3) is 0.235. The van der Waals surface area contributed by atoms with Crippen LogP contribution in [0.1, 0.15) is 17.2 Å². The predicted octanol–water partition coefficient (Wildman–Crippen LogP) is 3.24. The molecule has 108 valence electrons. The number of hydrogen-bond acceptors (Lipinski definition) is 2. The zero-order valence-corrected chi connectivity index (χ0v) is 13.0. The van der Waals surface area contributed by atoms with Crippen LogP contribution in [0, 0.1) is 0 Å². The molecule has 2 aromatic carbocycles. The van der Waals surface area contributed by atoms with Gasteiger partial charge in [0.2, 0.25) is 0 Å². The zero-order valence-electron chi connectivity index (χ0n) is 11.5. The first-order valence-electron chi connectivity index (χ1n) is 6.93. The van der Waals surface area contributed by atoms with Crippen molar-refractivity contribution in [1.29, 1.82) is 0 Å². The summed E-state index contributed by atoms with van der Waals surface area (Å²) in [5.41, 5.74) is 2.47. The van der Waals surface area contributed by atoms with Crippen LogP contribution in [0.2, 0.25) is 0 Å². The van der Waals surface area contributed by atoms with Crippen LogP contribution in [-0.4, -0.2) is 17.3 Å². The maximum absolute atomic E-state index is 12.1. The summed E-state index contributed by atoms with van der Waals surface area (Å²) in [7, 11) is 0. The third-order valence-electron chi connectivity index (χ3n) is 3.60. The van der Waals surface area contributed by atoms with Crippen LogP contribution in [0.4, 0.5) is 0 Å². The molecule has 2 aromatic rings. The van der Waals surface area contributed by atoms with Crippen LogP contribution < -0.4 is 10.1 Å². The average molecular weight is 346 g/mol. The molecule has 0 radical (unpaired) electrons. The van der Waals surface area contributed by atoms with Crippen molar-refractivity contribution in [3.05, 3.63) is 65.7 Å². The molecule has 4 heteroatoms. The van der Waals surface area contributed by atoms with Gasteiger partial charge in [0, 0.05) is 4.83 Å². The van der Waals surface area contributed by atoms with Gasteiger partial charge in [-0.05, 0) is 29.7 Å². The van der Waals surface area contributed by atoms with E-state index >= 15 is 0 Å². The number of benzene rings is 2. The molecule has 0 aromatic heterocycles. The Bertz CT molecular complexity index is 630. The van der Waals surface area contributed by atoms with Crippen molar-refractivity contribution in [1.82, 2.24) is 5.32 Å². The molecule has 0 fully saturated rings. The van der Waals surface area contributed by atoms with Crippen molar-refractivity contribution in [3.63, 3.8) is 0 Å².